The Labute approximate surface area is 197 Å². The zero-order valence-electron chi connectivity index (χ0n) is 21.7. The van der Waals surface area contributed by atoms with Gasteiger partial charge in [0.05, 0.1) is 17.8 Å². The van der Waals surface area contributed by atoms with Crippen LogP contribution in [-0.2, 0) is 7.05 Å². The molecule has 0 aromatic carbocycles. The molecule has 1 aromatic rings. The summed E-state index contributed by atoms with van der Waals surface area (Å²) in [5, 5.41) is 8.31. The van der Waals surface area contributed by atoms with Crippen molar-refractivity contribution in [2.75, 3.05) is 53.4 Å². The third-order valence-electron chi connectivity index (χ3n) is 6.96. The van der Waals surface area contributed by atoms with Gasteiger partial charge in [0.15, 0.2) is 0 Å². The van der Waals surface area contributed by atoms with Crippen LogP contribution in [0.2, 0.25) is 0 Å². The van der Waals surface area contributed by atoms with Crippen molar-refractivity contribution in [2.24, 2.45) is 7.05 Å². The van der Waals surface area contributed by atoms with E-state index in [1.165, 1.54) is 58.4 Å². The topological polar surface area (TPSA) is 43.7 Å². The lowest BCUT2D eigenvalue weighted by Crippen LogP contribution is -2.50. The number of hydrogen-bond acceptors (Lipinski definition) is 6. The highest BCUT2D eigenvalue weighted by Gasteiger charge is 2.38. The van der Waals surface area contributed by atoms with E-state index < -0.39 is 0 Å². The summed E-state index contributed by atoms with van der Waals surface area (Å²) >= 11 is 0. The van der Waals surface area contributed by atoms with Crippen LogP contribution in [0.5, 0.6) is 0 Å². The first-order valence-corrected chi connectivity index (χ1v) is 12.8. The number of terminal acetylenes is 1. The summed E-state index contributed by atoms with van der Waals surface area (Å²) in [5.41, 5.74) is 1.15. The van der Waals surface area contributed by atoms with Crippen LogP contribution in [-0.4, -0.2) is 106 Å². The van der Waals surface area contributed by atoms with E-state index >= 15 is 0 Å². The molecule has 5 heterocycles. The van der Waals surface area contributed by atoms with E-state index in [-0.39, 0.29) is 0 Å². The van der Waals surface area contributed by atoms with Crippen LogP contribution in [0.3, 0.4) is 0 Å². The predicted molar refractivity (Wildman–Crippen MR) is 134 cm³/mol. The largest absolute Gasteiger partial charge is 0.304 e. The highest BCUT2D eigenvalue weighted by Crippen LogP contribution is 2.36. The maximum Gasteiger partial charge on any atom is 0.0998 e. The second kappa shape index (κ2) is 13.3. The molecule has 0 bridgehead atoms. The van der Waals surface area contributed by atoms with Gasteiger partial charge in [-0.2, -0.15) is 0 Å². The smallest absolute Gasteiger partial charge is 0.0998 e. The first kappa shape index (κ1) is 26.8. The molecule has 0 saturated carbocycles. The molecular formula is C25H47N7. The molecule has 7 nitrogen and oxygen atoms in total. The summed E-state index contributed by atoms with van der Waals surface area (Å²) in [6, 6.07) is 2.41. The van der Waals surface area contributed by atoms with Gasteiger partial charge in [-0.25, -0.2) is 0 Å². The Morgan fingerprint density at radius 2 is 1.38 bits per heavy atom. The lowest BCUT2D eigenvalue weighted by molar-refractivity contribution is 0.0923. The van der Waals surface area contributed by atoms with E-state index in [4.69, 9.17) is 6.42 Å². The molecule has 0 spiro atoms. The fourth-order valence-corrected chi connectivity index (χ4v) is 5.43. The minimum atomic E-state index is 0.434. The van der Waals surface area contributed by atoms with Crippen LogP contribution in [0.15, 0.2) is 6.20 Å². The minimum Gasteiger partial charge on any atom is -0.304 e. The maximum atomic E-state index is 5.47. The van der Waals surface area contributed by atoms with Crippen molar-refractivity contribution in [3.05, 3.63) is 11.9 Å². The summed E-state index contributed by atoms with van der Waals surface area (Å²) in [6.45, 7) is 15.1. The normalized spacial score (nSPS) is 30.4. The molecule has 4 saturated heterocycles. The molecule has 0 N–H and O–H groups in total. The average molecular weight is 446 g/mol. The second-order valence-electron chi connectivity index (χ2n) is 8.98. The van der Waals surface area contributed by atoms with E-state index in [0.29, 0.717) is 12.1 Å². The van der Waals surface area contributed by atoms with Crippen LogP contribution in [0.25, 0.3) is 0 Å². The summed E-state index contributed by atoms with van der Waals surface area (Å²) in [4.78, 5) is 9.95. The van der Waals surface area contributed by atoms with Crippen LogP contribution in [0, 0.1) is 12.3 Å². The first-order chi connectivity index (χ1) is 15.5. The number of aryl methyl sites for hydroxylation is 1. The predicted octanol–water partition coefficient (Wildman–Crippen LogP) is 2.72. The molecular weight excluding hydrogens is 398 g/mol. The molecule has 4 atom stereocenters. The molecule has 4 fully saturated rings. The zero-order chi connectivity index (χ0) is 23.7. The molecule has 0 amide bonds. The summed E-state index contributed by atoms with van der Waals surface area (Å²) in [7, 11) is 6.35. The fourth-order valence-electron chi connectivity index (χ4n) is 5.43. The van der Waals surface area contributed by atoms with Gasteiger partial charge in [0.2, 0.25) is 0 Å². The Morgan fingerprint density at radius 3 is 1.94 bits per heavy atom. The van der Waals surface area contributed by atoms with Gasteiger partial charge < -0.3 is 9.80 Å². The van der Waals surface area contributed by atoms with Gasteiger partial charge >= 0.3 is 0 Å². The number of likely N-dealkylation sites (N-methyl/N-ethyl adjacent to an activating group) is 2. The highest BCUT2D eigenvalue weighted by atomic mass is 15.4. The number of aromatic nitrogens is 3. The van der Waals surface area contributed by atoms with Gasteiger partial charge in [-0.3, -0.25) is 14.5 Å². The molecule has 0 unspecified atom stereocenters. The highest BCUT2D eigenvalue weighted by molar-refractivity contribution is 5.08. The van der Waals surface area contributed by atoms with Crippen molar-refractivity contribution in [1.29, 1.82) is 0 Å². The van der Waals surface area contributed by atoms with Crippen LogP contribution in [0.1, 0.15) is 65.1 Å². The van der Waals surface area contributed by atoms with E-state index in [2.05, 4.69) is 56.1 Å². The molecule has 7 heteroatoms. The molecule has 5 rings (SSSR count). The Balaban J connectivity index is 0.000000203. The van der Waals surface area contributed by atoms with E-state index in [9.17, 15) is 0 Å². The molecule has 182 valence electrons. The van der Waals surface area contributed by atoms with Crippen molar-refractivity contribution in [3.8, 4) is 12.3 Å². The van der Waals surface area contributed by atoms with Gasteiger partial charge in [-0.1, -0.05) is 38.8 Å². The average Bonchev–Trinajstić information content (AvgIpc) is 3.54. The van der Waals surface area contributed by atoms with Crippen molar-refractivity contribution >= 4 is 0 Å². The summed E-state index contributed by atoms with van der Waals surface area (Å²) in [5.74, 6) is 2.89. The SMILES string of the molecule is C#C[C@H]1CC[C@H]2CN(C)CCN21.CC.CC.CN1CCN2[C@@H](CC[C@@H]2c2cn(C)nn2)C1. The number of fused-ring (bicyclic) bond motifs is 2. The maximum absolute atomic E-state index is 5.47. The molecule has 32 heavy (non-hydrogen) atoms. The standard InChI is InChI=1S/C11H19N5.C10H16N2.2C2H6/c1-14-5-6-16-9(7-14)3-4-11(16)10-8-15(2)13-12-10;1-3-9-4-5-10-8-11(2)6-7-12(9)10;2*1-2/h8-9,11H,3-7H2,1-2H3;1,9-10H,4-8H2,2H3;2*1-2H3/t9-,11+;9-,10-;;/m00../s1. The van der Waals surface area contributed by atoms with E-state index in [1.54, 1.807) is 4.68 Å². The Morgan fingerprint density at radius 1 is 0.812 bits per heavy atom. The first-order valence-electron chi connectivity index (χ1n) is 12.8. The van der Waals surface area contributed by atoms with Crippen molar-refractivity contribution in [2.45, 2.75) is 77.5 Å². The summed E-state index contributed by atoms with van der Waals surface area (Å²) < 4.78 is 1.80. The third kappa shape index (κ3) is 6.54. The summed E-state index contributed by atoms with van der Waals surface area (Å²) in [6.07, 6.45) is 12.6. The fraction of sp³-hybridized carbons (Fsp3) is 0.840. The van der Waals surface area contributed by atoms with Gasteiger partial charge in [-0.15, -0.1) is 11.5 Å². The minimum absolute atomic E-state index is 0.434. The van der Waals surface area contributed by atoms with Gasteiger partial charge in [0.1, 0.15) is 0 Å². The number of piperazine rings is 2. The molecule has 4 aliphatic heterocycles. The second-order valence-corrected chi connectivity index (χ2v) is 8.98. The Kier molecular flexibility index (Phi) is 11.1. The van der Waals surface area contributed by atoms with Crippen LogP contribution in [0.4, 0.5) is 0 Å². The Hall–Kier alpha value is -1.46. The van der Waals surface area contributed by atoms with Crippen molar-refractivity contribution in [1.82, 2.24) is 34.6 Å². The number of rotatable bonds is 1. The van der Waals surface area contributed by atoms with Gasteiger partial charge in [0.25, 0.3) is 0 Å². The van der Waals surface area contributed by atoms with Crippen molar-refractivity contribution in [3.63, 3.8) is 0 Å². The molecule has 1 aromatic heterocycles. The van der Waals surface area contributed by atoms with E-state index in [1.807, 2.05) is 34.7 Å². The molecule has 0 radical (unpaired) electrons. The number of hydrogen-bond donors (Lipinski definition) is 0. The molecule has 4 aliphatic rings. The van der Waals surface area contributed by atoms with E-state index in [0.717, 1.165) is 24.3 Å². The zero-order valence-corrected chi connectivity index (χ0v) is 21.7. The van der Waals surface area contributed by atoms with Gasteiger partial charge in [-0.05, 0) is 39.8 Å². The van der Waals surface area contributed by atoms with Crippen molar-refractivity contribution < 1.29 is 0 Å². The van der Waals surface area contributed by atoms with Gasteiger partial charge in [0, 0.05) is 64.6 Å². The quantitative estimate of drug-likeness (QED) is 0.620. The van der Waals surface area contributed by atoms with Crippen LogP contribution >= 0.6 is 0 Å². The Bertz CT molecular complexity index is 697. The number of nitrogens with zero attached hydrogens (tertiary/aromatic N) is 7. The lowest BCUT2D eigenvalue weighted by atomic mass is 10.1. The molecule has 0 aliphatic carbocycles. The van der Waals surface area contributed by atoms with Crippen LogP contribution < -0.4 is 0 Å². The monoisotopic (exact) mass is 445 g/mol. The lowest BCUT2D eigenvalue weighted by Gasteiger charge is -2.37. The third-order valence-corrected chi connectivity index (χ3v) is 6.96.